The average molecular weight is 303 g/mol. The lowest BCUT2D eigenvalue weighted by Crippen LogP contribution is -2.45. The molecule has 106 valence electrons. The van der Waals surface area contributed by atoms with E-state index >= 15 is 0 Å². The standard InChI is InChI=1S/C13H19ClN2O2S/c1-13(7-4-8-15-9-13)10-16-19(17,18)12-6-3-2-5-11(12)14/h2-3,5-6,15-16H,4,7-10H2,1H3. The molecule has 1 aliphatic heterocycles. The molecule has 1 aromatic rings. The van der Waals surface area contributed by atoms with Crippen LogP contribution in [0.25, 0.3) is 0 Å². The molecule has 19 heavy (non-hydrogen) atoms. The summed E-state index contributed by atoms with van der Waals surface area (Å²) in [5, 5.41) is 3.55. The van der Waals surface area contributed by atoms with Gasteiger partial charge in [0.05, 0.1) is 5.02 Å². The van der Waals surface area contributed by atoms with Crippen LogP contribution in [0.1, 0.15) is 19.8 Å². The van der Waals surface area contributed by atoms with Crippen LogP contribution >= 0.6 is 11.6 Å². The van der Waals surface area contributed by atoms with Gasteiger partial charge in [-0.2, -0.15) is 0 Å². The van der Waals surface area contributed by atoms with Crippen LogP contribution in [0.3, 0.4) is 0 Å². The predicted octanol–water partition coefficient (Wildman–Crippen LogP) is 2.01. The Morgan fingerprint density at radius 3 is 2.79 bits per heavy atom. The van der Waals surface area contributed by atoms with E-state index in [0.717, 1.165) is 25.9 Å². The molecule has 1 aliphatic rings. The molecule has 0 radical (unpaired) electrons. The van der Waals surface area contributed by atoms with Crippen LogP contribution in [-0.4, -0.2) is 28.1 Å². The Morgan fingerprint density at radius 1 is 1.42 bits per heavy atom. The van der Waals surface area contributed by atoms with Crippen molar-refractivity contribution in [3.05, 3.63) is 29.3 Å². The zero-order chi connectivity index (χ0) is 13.9. The van der Waals surface area contributed by atoms with Gasteiger partial charge in [0, 0.05) is 13.1 Å². The van der Waals surface area contributed by atoms with E-state index in [9.17, 15) is 8.42 Å². The van der Waals surface area contributed by atoms with Crippen LogP contribution in [0.15, 0.2) is 29.2 Å². The average Bonchev–Trinajstić information content (AvgIpc) is 2.38. The molecule has 2 N–H and O–H groups in total. The molecule has 0 aromatic heterocycles. The molecule has 1 aromatic carbocycles. The van der Waals surface area contributed by atoms with Crippen molar-refractivity contribution in [1.29, 1.82) is 0 Å². The van der Waals surface area contributed by atoms with Gasteiger partial charge < -0.3 is 5.32 Å². The number of benzene rings is 1. The van der Waals surface area contributed by atoms with Gasteiger partial charge in [0.15, 0.2) is 0 Å². The molecule has 0 spiro atoms. The summed E-state index contributed by atoms with van der Waals surface area (Å²) in [6.45, 7) is 4.35. The summed E-state index contributed by atoms with van der Waals surface area (Å²) in [7, 11) is -3.54. The predicted molar refractivity (Wildman–Crippen MR) is 76.9 cm³/mol. The molecular weight excluding hydrogens is 284 g/mol. The maximum atomic E-state index is 12.2. The van der Waals surface area contributed by atoms with Gasteiger partial charge in [-0.1, -0.05) is 30.7 Å². The Balaban J connectivity index is 2.08. The quantitative estimate of drug-likeness (QED) is 0.894. The fraction of sp³-hybridized carbons (Fsp3) is 0.538. The zero-order valence-electron chi connectivity index (χ0n) is 10.9. The van der Waals surface area contributed by atoms with Crippen molar-refractivity contribution in [2.24, 2.45) is 5.41 Å². The first-order valence-corrected chi connectivity index (χ1v) is 8.24. The van der Waals surface area contributed by atoms with Gasteiger partial charge in [0.2, 0.25) is 10.0 Å². The van der Waals surface area contributed by atoms with E-state index in [1.54, 1.807) is 18.2 Å². The van der Waals surface area contributed by atoms with E-state index in [1.807, 2.05) is 0 Å². The maximum Gasteiger partial charge on any atom is 0.242 e. The van der Waals surface area contributed by atoms with Gasteiger partial charge in [-0.25, -0.2) is 13.1 Å². The largest absolute Gasteiger partial charge is 0.316 e. The Bertz CT molecular complexity index is 539. The molecule has 0 saturated carbocycles. The molecule has 0 amide bonds. The first-order valence-electron chi connectivity index (χ1n) is 6.38. The molecule has 1 heterocycles. The van der Waals surface area contributed by atoms with Crippen molar-refractivity contribution < 1.29 is 8.42 Å². The fourth-order valence-electron chi connectivity index (χ4n) is 2.28. The van der Waals surface area contributed by atoms with Crippen LogP contribution in [0, 0.1) is 5.41 Å². The third-order valence-electron chi connectivity index (χ3n) is 3.50. The Morgan fingerprint density at radius 2 is 2.16 bits per heavy atom. The Hall–Kier alpha value is -0.620. The first-order chi connectivity index (χ1) is 8.93. The van der Waals surface area contributed by atoms with E-state index in [4.69, 9.17) is 11.6 Å². The highest BCUT2D eigenvalue weighted by molar-refractivity contribution is 7.89. The number of piperidine rings is 1. The summed E-state index contributed by atoms with van der Waals surface area (Å²) >= 11 is 5.93. The summed E-state index contributed by atoms with van der Waals surface area (Å²) in [6.07, 6.45) is 2.09. The summed E-state index contributed by atoms with van der Waals surface area (Å²) < 4.78 is 27.1. The lowest BCUT2D eigenvalue weighted by molar-refractivity contribution is 0.238. The highest BCUT2D eigenvalue weighted by atomic mass is 35.5. The topological polar surface area (TPSA) is 58.2 Å². The molecule has 6 heteroatoms. The molecule has 0 bridgehead atoms. The molecule has 1 atom stereocenters. The molecule has 1 fully saturated rings. The van der Waals surface area contributed by atoms with E-state index in [0.29, 0.717) is 6.54 Å². The van der Waals surface area contributed by atoms with Crippen molar-refractivity contribution in [2.75, 3.05) is 19.6 Å². The van der Waals surface area contributed by atoms with Crippen molar-refractivity contribution in [3.8, 4) is 0 Å². The van der Waals surface area contributed by atoms with E-state index < -0.39 is 10.0 Å². The van der Waals surface area contributed by atoms with Crippen LogP contribution in [0.5, 0.6) is 0 Å². The van der Waals surface area contributed by atoms with Gasteiger partial charge >= 0.3 is 0 Å². The normalized spacial score (nSPS) is 24.3. The van der Waals surface area contributed by atoms with E-state index in [1.165, 1.54) is 6.07 Å². The molecule has 1 saturated heterocycles. The Kier molecular flexibility index (Phi) is 4.50. The number of sulfonamides is 1. The minimum absolute atomic E-state index is 0.0351. The van der Waals surface area contributed by atoms with Crippen molar-refractivity contribution in [3.63, 3.8) is 0 Å². The second-order valence-corrected chi connectivity index (χ2v) is 7.49. The minimum Gasteiger partial charge on any atom is -0.316 e. The highest BCUT2D eigenvalue weighted by Crippen LogP contribution is 2.26. The van der Waals surface area contributed by atoms with Crippen LogP contribution in [-0.2, 0) is 10.0 Å². The van der Waals surface area contributed by atoms with Gasteiger partial charge in [0.25, 0.3) is 0 Å². The monoisotopic (exact) mass is 302 g/mol. The van der Waals surface area contributed by atoms with Gasteiger partial charge in [-0.15, -0.1) is 0 Å². The SMILES string of the molecule is CC1(CNS(=O)(=O)c2ccccc2Cl)CCCNC1. The van der Waals surface area contributed by atoms with Gasteiger partial charge in [-0.05, 0) is 36.9 Å². The van der Waals surface area contributed by atoms with Crippen molar-refractivity contribution in [1.82, 2.24) is 10.0 Å². The third kappa shape index (κ3) is 3.69. The zero-order valence-corrected chi connectivity index (χ0v) is 12.5. The van der Waals surface area contributed by atoms with Gasteiger partial charge in [-0.3, -0.25) is 0 Å². The summed E-state index contributed by atoms with van der Waals surface area (Å²) in [5.41, 5.74) is -0.0351. The van der Waals surface area contributed by atoms with Gasteiger partial charge in [0.1, 0.15) is 4.90 Å². The lowest BCUT2D eigenvalue weighted by atomic mass is 9.83. The molecule has 4 nitrogen and oxygen atoms in total. The smallest absolute Gasteiger partial charge is 0.242 e. The number of hydrogen-bond acceptors (Lipinski definition) is 3. The lowest BCUT2D eigenvalue weighted by Gasteiger charge is -2.34. The van der Waals surface area contributed by atoms with E-state index in [-0.39, 0.29) is 15.3 Å². The first kappa shape index (κ1) is 14.8. The number of rotatable bonds is 4. The number of hydrogen-bond donors (Lipinski definition) is 2. The summed E-state index contributed by atoms with van der Waals surface area (Å²) in [6, 6.07) is 6.49. The van der Waals surface area contributed by atoms with Crippen molar-refractivity contribution in [2.45, 2.75) is 24.7 Å². The molecule has 1 unspecified atom stereocenters. The molecule has 0 aliphatic carbocycles. The third-order valence-corrected chi connectivity index (χ3v) is 5.40. The van der Waals surface area contributed by atoms with Crippen LogP contribution in [0.2, 0.25) is 5.02 Å². The van der Waals surface area contributed by atoms with Crippen LogP contribution in [0.4, 0.5) is 0 Å². The van der Waals surface area contributed by atoms with Crippen LogP contribution < -0.4 is 10.0 Å². The number of halogens is 1. The number of nitrogens with one attached hydrogen (secondary N) is 2. The summed E-state index contributed by atoms with van der Waals surface area (Å²) in [4.78, 5) is 0.143. The van der Waals surface area contributed by atoms with Crippen molar-refractivity contribution >= 4 is 21.6 Å². The fourth-order valence-corrected chi connectivity index (χ4v) is 4.00. The second kappa shape index (κ2) is 5.79. The molecular formula is C13H19ClN2O2S. The summed E-state index contributed by atoms with van der Waals surface area (Å²) in [5.74, 6) is 0. The second-order valence-electron chi connectivity index (χ2n) is 5.35. The van der Waals surface area contributed by atoms with E-state index in [2.05, 4.69) is 17.0 Å². The maximum absolute atomic E-state index is 12.2. The Labute approximate surface area is 119 Å². The highest BCUT2D eigenvalue weighted by Gasteiger charge is 2.29. The molecule has 2 rings (SSSR count). The minimum atomic E-state index is -3.54.